The van der Waals surface area contributed by atoms with Crippen molar-refractivity contribution in [2.24, 2.45) is 10.7 Å². The average Bonchev–Trinajstić information content (AvgIpc) is 3.05. The van der Waals surface area contributed by atoms with Crippen LogP contribution in [-0.2, 0) is 6.42 Å². The van der Waals surface area contributed by atoms with Gasteiger partial charge in [0.05, 0.1) is 0 Å². The van der Waals surface area contributed by atoms with Crippen LogP contribution in [0.4, 0.5) is 0 Å². The molecule has 0 aliphatic heterocycles. The predicted octanol–water partition coefficient (Wildman–Crippen LogP) is 2.85. The van der Waals surface area contributed by atoms with Crippen LogP contribution >= 0.6 is 11.3 Å². The number of rotatable bonds is 8. The molecule has 22 heavy (non-hydrogen) atoms. The van der Waals surface area contributed by atoms with Crippen LogP contribution in [0.1, 0.15) is 43.4 Å². The van der Waals surface area contributed by atoms with Gasteiger partial charge in [0.2, 0.25) is 0 Å². The zero-order valence-corrected chi connectivity index (χ0v) is 14.6. The van der Waals surface area contributed by atoms with Gasteiger partial charge in [-0.15, -0.1) is 11.3 Å². The molecule has 3 N–H and O–H groups in total. The second kappa shape index (κ2) is 9.85. The van der Waals surface area contributed by atoms with E-state index in [0.717, 1.165) is 38.5 Å². The first-order valence-electron chi connectivity index (χ1n) is 8.52. The van der Waals surface area contributed by atoms with Crippen LogP contribution in [0.5, 0.6) is 0 Å². The third-order valence-corrected chi connectivity index (χ3v) is 5.34. The number of nitrogens with zero attached hydrogens (tertiary/aromatic N) is 2. The Hall–Kier alpha value is -1.07. The van der Waals surface area contributed by atoms with Gasteiger partial charge in [-0.3, -0.25) is 4.99 Å². The molecule has 0 atom stereocenters. The molecule has 4 nitrogen and oxygen atoms in total. The molecule has 1 aromatic heterocycles. The maximum Gasteiger partial charge on any atom is 0.188 e. The second-order valence-electron chi connectivity index (χ2n) is 6.15. The van der Waals surface area contributed by atoms with E-state index in [4.69, 9.17) is 5.73 Å². The van der Waals surface area contributed by atoms with Gasteiger partial charge in [0.1, 0.15) is 0 Å². The van der Waals surface area contributed by atoms with Crippen molar-refractivity contribution in [3.63, 3.8) is 0 Å². The van der Waals surface area contributed by atoms with Crippen LogP contribution in [-0.4, -0.2) is 43.6 Å². The van der Waals surface area contributed by atoms with Crippen LogP contribution in [0.3, 0.4) is 0 Å². The highest BCUT2D eigenvalue weighted by molar-refractivity contribution is 7.09. The fourth-order valence-corrected chi connectivity index (χ4v) is 3.76. The van der Waals surface area contributed by atoms with Crippen molar-refractivity contribution >= 4 is 17.3 Å². The summed E-state index contributed by atoms with van der Waals surface area (Å²) in [6.07, 6.45) is 9.04. The van der Waals surface area contributed by atoms with E-state index < -0.39 is 0 Å². The lowest BCUT2D eigenvalue weighted by Crippen LogP contribution is -2.35. The topological polar surface area (TPSA) is 53.6 Å². The molecule has 1 saturated carbocycles. The van der Waals surface area contributed by atoms with E-state index >= 15 is 0 Å². The molecular weight excluding hydrogens is 292 g/mol. The monoisotopic (exact) mass is 322 g/mol. The number of hydrogen-bond acceptors (Lipinski definition) is 3. The fraction of sp³-hybridized carbons (Fsp3) is 0.706. The molecule has 1 aliphatic carbocycles. The van der Waals surface area contributed by atoms with Crippen LogP contribution < -0.4 is 11.1 Å². The Bertz CT molecular complexity index is 424. The Labute approximate surface area is 138 Å². The van der Waals surface area contributed by atoms with E-state index in [1.165, 1.54) is 37.0 Å². The van der Waals surface area contributed by atoms with E-state index in [1.807, 2.05) is 0 Å². The standard InChI is InChI=1S/C17H30N4S/c1-21(15-7-3-2-4-8-15)13-6-11-19-17(18)20-12-10-16-9-5-14-22-16/h5,9,14-15H,2-4,6-8,10-13H2,1H3,(H3,18,19,20). The lowest BCUT2D eigenvalue weighted by atomic mass is 9.94. The zero-order valence-electron chi connectivity index (χ0n) is 13.8. The molecule has 5 heteroatoms. The number of nitrogens with two attached hydrogens (primary N) is 1. The Kier molecular flexibility index (Phi) is 7.74. The highest BCUT2D eigenvalue weighted by Crippen LogP contribution is 2.21. The SMILES string of the molecule is CN(CCCN=C(N)NCCc1cccs1)C1CCCCC1. The molecule has 0 unspecified atom stereocenters. The maximum absolute atomic E-state index is 5.90. The number of hydrogen-bond donors (Lipinski definition) is 2. The number of nitrogens with one attached hydrogen (secondary N) is 1. The summed E-state index contributed by atoms with van der Waals surface area (Å²) in [4.78, 5) is 8.31. The minimum atomic E-state index is 0.580. The van der Waals surface area contributed by atoms with E-state index in [0.29, 0.717) is 5.96 Å². The Morgan fingerprint density at radius 2 is 2.23 bits per heavy atom. The molecule has 0 spiro atoms. The zero-order chi connectivity index (χ0) is 15.6. The van der Waals surface area contributed by atoms with Crippen molar-refractivity contribution in [2.75, 3.05) is 26.7 Å². The highest BCUT2D eigenvalue weighted by Gasteiger charge is 2.16. The molecule has 1 aromatic rings. The van der Waals surface area contributed by atoms with Gasteiger partial charge in [-0.05, 0) is 50.7 Å². The average molecular weight is 323 g/mol. The molecule has 0 amide bonds. The molecule has 0 bridgehead atoms. The smallest absolute Gasteiger partial charge is 0.188 e. The molecular formula is C17H30N4S. The number of aliphatic imine (C=N–C) groups is 1. The summed E-state index contributed by atoms with van der Waals surface area (Å²) in [7, 11) is 2.25. The predicted molar refractivity (Wildman–Crippen MR) is 96.6 cm³/mol. The summed E-state index contributed by atoms with van der Waals surface area (Å²) in [6, 6.07) is 5.03. The van der Waals surface area contributed by atoms with Crippen molar-refractivity contribution in [1.82, 2.24) is 10.2 Å². The van der Waals surface area contributed by atoms with Gasteiger partial charge in [-0.25, -0.2) is 0 Å². The van der Waals surface area contributed by atoms with Crippen molar-refractivity contribution in [1.29, 1.82) is 0 Å². The molecule has 1 heterocycles. The lowest BCUT2D eigenvalue weighted by molar-refractivity contribution is 0.191. The van der Waals surface area contributed by atoms with Gasteiger partial charge < -0.3 is 16.0 Å². The minimum absolute atomic E-state index is 0.580. The Morgan fingerprint density at radius 1 is 1.41 bits per heavy atom. The summed E-state index contributed by atoms with van der Waals surface area (Å²) in [5.41, 5.74) is 5.90. The minimum Gasteiger partial charge on any atom is -0.370 e. The first-order chi connectivity index (χ1) is 10.8. The largest absolute Gasteiger partial charge is 0.370 e. The summed E-state index contributed by atoms with van der Waals surface area (Å²) < 4.78 is 0. The normalized spacial score (nSPS) is 17.1. The molecule has 1 aliphatic rings. The summed E-state index contributed by atoms with van der Waals surface area (Å²) in [5.74, 6) is 0.580. The van der Waals surface area contributed by atoms with Crippen LogP contribution in [0, 0.1) is 0 Å². The molecule has 0 aromatic carbocycles. The number of guanidine groups is 1. The van der Waals surface area contributed by atoms with Gasteiger partial charge in [0, 0.05) is 24.0 Å². The van der Waals surface area contributed by atoms with Crippen LogP contribution in [0.25, 0.3) is 0 Å². The van der Waals surface area contributed by atoms with E-state index in [1.54, 1.807) is 11.3 Å². The maximum atomic E-state index is 5.90. The molecule has 124 valence electrons. The number of thiophene rings is 1. The summed E-state index contributed by atoms with van der Waals surface area (Å²) >= 11 is 1.79. The van der Waals surface area contributed by atoms with Gasteiger partial charge in [-0.1, -0.05) is 25.3 Å². The van der Waals surface area contributed by atoms with Crippen molar-refractivity contribution in [3.05, 3.63) is 22.4 Å². The molecule has 0 saturated heterocycles. The Balaban J connectivity index is 1.54. The van der Waals surface area contributed by atoms with Crippen molar-refractivity contribution in [3.8, 4) is 0 Å². The highest BCUT2D eigenvalue weighted by atomic mass is 32.1. The summed E-state index contributed by atoms with van der Waals surface area (Å²) in [6.45, 7) is 2.80. The molecule has 1 fully saturated rings. The van der Waals surface area contributed by atoms with E-state index in [9.17, 15) is 0 Å². The summed E-state index contributed by atoms with van der Waals surface area (Å²) in [5, 5.41) is 5.30. The lowest BCUT2D eigenvalue weighted by Gasteiger charge is -2.30. The van der Waals surface area contributed by atoms with Crippen LogP contribution in [0.2, 0.25) is 0 Å². The third-order valence-electron chi connectivity index (χ3n) is 4.41. The van der Waals surface area contributed by atoms with Gasteiger partial charge >= 0.3 is 0 Å². The first-order valence-corrected chi connectivity index (χ1v) is 9.40. The van der Waals surface area contributed by atoms with Crippen LogP contribution in [0.15, 0.2) is 22.5 Å². The van der Waals surface area contributed by atoms with Gasteiger partial charge in [-0.2, -0.15) is 0 Å². The van der Waals surface area contributed by atoms with Crippen molar-refractivity contribution in [2.45, 2.75) is 51.0 Å². The molecule has 2 rings (SSSR count). The van der Waals surface area contributed by atoms with Gasteiger partial charge in [0.25, 0.3) is 0 Å². The van der Waals surface area contributed by atoms with E-state index in [2.05, 4.69) is 39.8 Å². The quantitative estimate of drug-likeness (QED) is 0.439. The first kappa shape index (κ1) is 17.3. The molecule has 0 radical (unpaired) electrons. The third kappa shape index (κ3) is 6.36. The van der Waals surface area contributed by atoms with E-state index in [-0.39, 0.29) is 0 Å². The van der Waals surface area contributed by atoms with Gasteiger partial charge in [0.15, 0.2) is 5.96 Å². The second-order valence-corrected chi connectivity index (χ2v) is 7.18. The van der Waals surface area contributed by atoms with Crippen molar-refractivity contribution < 1.29 is 0 Å². The fourth-order valence-electron chi connectivity index (χ4n) is 3.05. The Morgan fingerprint density at radius 3 is 2.95 bits per heavy atom.